The minimum absolute atomic E-state index is 0.0583. The summed E-state index contributed by atoms with van der Waals surface area (Å²) in [6.07, 6.45) is 3.06. The molecule has 3 aromatic rings. The third-order valence-electron chi connectivity index (χ3n) is 4.05. The number of rotatable bonds is 7. The average Bonchev–Trinajstić information content (AvgIpc) is 3.16. The van der Waals surface area contributed by atoms with Crippen LogP contribution in [0.1, 0.15) is 20.7 Å². The van der Waals surface area contributed by atoms with Gasteiger partial charge in [0.15, 0.2) is 11.5 Å². The van der Waals surface area contributed by atoms with E-state index in [1.54, 1.807) is 12.1 Å². The lowest BCUT2D eigenvalue weighted by atomic mass is 10.1. The van der Waals surface area contributed by atoms with E-state index in [1.807, 2.05) is 0 Å². The van der Waals surface area contributed by atoms with Crippen molar-refractivity contribution < 1.29 is 28.3 Å². The molecule has 1 aromatic carbocycles. The summed E-state index contributed by atoms with van der Waals surface area (Å²) in [4.78, 5) is 28.6. The number of hydrogen-bond donors (Lipinski definition) is 2. The highest BCUT2D eigenvalue weighted by atomic mass is 16.5. The van der Waals surface area contributed by atoms with Crippen molar-refractivity contribution in [3.05, 3.63) is 47.8 Å². The normalized spacial score (nSPS) is 10.3. The van der Waals surface area contributed by atoms with Crippen molar-refractivity contribution in [1.82, 2.24) is 10.1 Å². The van der Waals surface area contributed by atoms with E-state index in [-0.39, 0.29) is 22.7 Å². The summed E-state index contributed by atoms with van der Waals surface area (Å²) in [7, 11) is 4.32. The first-order chi connectivity index (χ1) is 14.0. The zero-order valence-corrected chi connectivity index (χ0v) is 15.9. The van der Waals surface area contributed by atoms with Gasteiger partial charge in [-0.2, -0.15) is 0 Å². The van der Waals surface area contributed by atoms with Crippen LogP contribution < -0.4 is 25.3 Å². The third kappa shape index (κ3) is 3.81. The molecule has 2 amide bonds. The van der Waals surface area contributed by atoms with E-state index < -0.39 is 11.8 Å². The average molecular weight is 398 g/mol. The van der Waals surface area contributed by atoms with Gasteiger partial charge in [0.2, 0.25) is 11.6 Å². The van der Waals surface area contributed by atoms with Crippen molar-refractivity contribution in [2.75, 3.05) is 26.6 Å². The molecule has 150 valence electrons. The minimum atomic E-state index is -0.807. The zero-order valence-electron chi connectivity index (χ0n) is 15.9. The van der Waals surface area contributed by atoms with E-state index in [2.05, 4.69) is 15.5 Å². The molecule has 0 saturated heterocycles. The van der Waals surface area contributed by atoms with Crippen LogP contribution in [0.25, 0.3) is 11.3 Å². The van der Waals surface area contributed by atoms with Gasteiger partial charge in [0.25, 0.3) is 11.8 Å². The lowest BCUT2D eigenvalue weighted by Crippen LogP contribution is -2.18. The van der Waals surface area contributed by atoms with Crippen molar-refractivity contribution in [2.24, 2.45) is 5.73 Å². The van der Waals surface area contributed by atoms with Crippen molar-refractivity contribution in [3.63, 3.8) is 0 Å². The topological polar surface area (TPSA) is 139 Å². The lowest BCUT2D eigenvalue weighted by Gasteiger charge is -2.13. The summed E-state index contributed by atoms with van der Waals surface area (Å²) in [6, 6.07) is 6.19. The number of primary amides is 1. The maximum absolute atomic E-state index is 12.8. The van der Waals surface area contributed by atoms with Gasteiger partial charge in [-0.05, 0) is 24.3 Å². The summed E-state index contributed by atoms with van der Waals surface area (Å²) in [5.41, 5.74) is 6.35. The quantitative estimate of drug-likeness (QED) is 0.617. The molecule has 0 aliphatic heterocycles. The standard InChI is InChI=1S/C19H18N4O6/c1-26-12-8-11(9-13(27-2)16(12)28-3)18(25)22-19-14(17(20)24)15(23-29-19)10-4-6-21-7-5-10/h4-9H,1-3H3,(H2,20,24)(H,22,25). The number of nitrogens with zero attached hydrogens (tertiary/aromatic N) is 2. The molecular weight excluding hydrogens is 380 g/mol. The fraction of sp³-hybridized carbons (Fsp3) is 0.158. The fourth-order valence-electron chi connectivity index (χ4n) is 2.70. The van der Waals surface area contributed by atoms with Gasteiger partial charge in [-0.3, -0.25) is 19.9 Å². The molecule has 10 heteroatoms. The maximum Gasteiger partial charge on any atom is 0.258 e. The van der Waals surface area contributed by atoms with Crippen LogP contribution in [-0.2, 0) is 0 Å². The highest BCUT2D eigenvalue weighted by Crippen LogP contribution is 2.38. The highest BCUT2D eigenvalue weighted by molar-refractivity contribution is 6.10. The Morgan fingerprint density at radius 3 is 2.17 bits per heavy atom. The minimum Gasteiger partial charge on any atom is -0.493 e. The zero-order chi connectivity index (χ0) is 21.0. The molecule has 0 bridgehead atoms. The second-order valence-electron chi connectivity index (χ2n) is 5.70. The number of aromatic nitrogens is 2. The molecule has 0 spiro atoms. The van der Waals surface area contributed by atoms with Gasteiger partial charge in [0.05, 0.1) is 21.3 Å². The lowest BCUT2D eigenvalue weighted by molar-refractivity contribution is 0.100. The van der Waals surface area contributed by atoms with Crippen LogP contribution in [0.3, 0.4) is 0 Å². The SMILES string of the molecule is COc1cc(C(=O)Nc2onc(-c3ccncc3)c2C(N)=O)cc(OC)c1OC. The molecular formula is C19H18N4O6. The molecule has 3 rings (SSSR count). The number of nitrogens with one attached hydrogen (secondary N) is 1. The highest BCUT2D eigenvalue weighted by Gasteiger charge is 2.25. The van der Waals surface area contributed by atoms with Crippen LogP contribution >= 0.6 is 0 Å². The first-order valence-electron chi connectivity index (χ1n) is 8.31. The summed E-state index contributed by atoms with van der Waals surface area (Å²) in [5, 5.41) is 6.36. The Labute approximate surface area is 165 Å². The molecule has 0 aliphatic rings. The number of carbonyl (C=O) groups is 2. The molecule has 29 heavy (non-hydrogen) atoms. The summed E-state index contributed by atoms with van der Waals surface area (Å²) < 4.78 is 20.9. The van der Waals surface area contributed by atoms with Gasteiger partial charge >= 0.3 is 0 Å². The number of methoxy groups -OCH3 is 3. The van der Waals surface area contributed by atoms with Crippen molar-refractivity contribution in [1.29, 1.82) is 0 Å². The Morgan fingerprint density at radius 1 is 1.03 bits per heavy atom. The predicted octanol–water partition coefficient (Wildman–Crippen LogP) is 2.11. The number of anilines is 1. The monoisotopic (exact) mass is 398 g/mol. The van der Waals surface area contributed by atoms with Gasteiger partial charge in [0.1, 0.15) is 11.3 Å². The first-order valence-corrected chi connectivity index (χ1v) is 8.31. The first kappa shape index (κ1) is 19.7. The number of pyridine rings is 1. The van der Waals surface area contributed by atoms with Crippen molar-refractivity contribution >= 4 is 17.7 Å². The van der Waals surface area contributed by atoms with Crippen LogP contribution in [0, 0.1) is 0 Å². The largest absolute Gasteiger partial charge is 0.493 e. The molecule has 0 aliphatic carbocycles. The van der Waals surface area contributed by atoms with Crippen LogP contribution in [-0.4, -0.2) is 43.3 Å². The Bertz CT molecular complexity index is 1020. The second-order valence-corrected chi connectivity index (χ2v) is 5.70. The Kier molecular flexibility index (Phi) is 5.63. The van der Waals surface area contributed by atoms with Crippen molar-refractivity contribution in [2.45, 2.75) is 0 Å². The number of ether oxygens (including phenoxy) is 3. The fourth-order valence-corrected chi connectivity index (χ4v) is 2.70. The van der Waals surface area contributed by atoms with Crippen molar-refractivity contribution in [3.8, 4) is 28.5 Å². The number of benzene rings is 1. The smallest absolute Gasteiger partial charge is 0.258 e. The Hall–Kier alpha value is -4.08. The van der Waals surface area contributed by atoms with E-state index in [0.29, 0.717) is 22.8 Å². The van der Waals surface area contributed by atoms with Gasteiger partial charge in [0, 0.05) is 23.5 Å². The van der Waals surface area contributed by atoms with Gasteiger partial charge < -0.3 is 24.5 Å². The van der Waals surface area contributed by atoms with Crippen LogP contribution in [0.5, 0.6) is 17.2 Å². The van der Waals surface area contributed by atoms with Crippen LogP contribution in [0.4, 0.5) is 5.88 Å². The van der Waals surface area contributed by atoms with Gasteiger partial charge in [-0.15, -0.1) is 0 Å². The predicted molar refractivity (Wildman–Crippen MR) is 102 cm³/mol. The van der Waals surface area contributed by atoms with E-state index in [4.69, 9.17) is 24.5 Å². The molecule has 10 nitrogen and oxygen atoms in total. The molecule has 0 unspecified atom stereocenters. The molecule has 2 aromatic heterocycles. The molecule has 0 radical (unpaired) electrons. The number of carbonyl (C=O) groups excluding carboxylic acids is 2. The third-order valence-corrected chi connectivity index (χ3v) is 4.05. The second kappa shape index (κ2) is 8.30. The number of hydrogen-bond acceptors (Lipinski definition) is 8. The number of nitrogens with two attached hydrogens (primary N) is 1. The molecule has 3 N–H and O–H groups in total. The van der Waals surface area contributed by atoms with E-state index in [9.17, 15) is 9.59 Å². The molecule has 0 fully saturated rings. The molecule has 2 heterocycles. The summed E-state index contributed by atoms with van der Waals surface area (Å²) in [5.74, 6) is -0.654. The molecule has 0 saturated carbocycles. The summed E-state index contributed by atoms with van der Waals surface area (Å²) in [6.45, 7) is 0. The summed E-state index contributed by atoms with van der Waals surface area (Å²) >= 11 is 0. The van der Waals surface area contributed by atoms with Crippen LogP contribution in [0.15, 0.2) is 41.2 Å². The maximum atomic E-state index is 12.8. The van der Waals surface area contributed by atoms with E-state index in [0.717, 1.165) is 0 Å². The van der Waals surface area contributed by atoms with E-state index >= 15 is 0 Å². The molecule has 0 atom stereocenters. The van der Waals surface area contributed by atoms with E-state index in [1.165, 1.54) is 45.9 Å². The Balaban J connectivity index is 1.98. The number of amides is 2. The van der Waals surface area contributed by atoms with Gasteiger partial charge in [-0.25, -0.2) is 0 Å². The van der Waals surface area contributed by atoms with Gasteiger partial charge in [-0.1, -0.05) is 5.16 Å². The Morgan fingerprint density at radius 2 is 1.66 bits per heavy atom. The van der Waals surface area contributed by atoms with Crippen LogP contribution in [0.2, 0.25) is 0 Å².